The summed E-state index contributed by atoms with van der Waals surface area (Å²) >= 11 is 0. The van der Waals surface area contributed by atoms with Gasteiger partial charge in [-0.1, -0.05) is 18.2 Å². The Hall–Kier alpha value is -3.55. The van der Waals surface area contributed by atoms with Gasteiger partial charge in [-0.2, -0.15) is 0 Å². The van der Waals surface area contributed by atoms with Crippen LogP contribution in [0.3, 0.4) is 0 Å². The molecule has 2 amide bonds. The average Bonchev–Trinajstić information content (AvgIpc) is 3.38. The van der Waals surface area contributed by atoms with Crippen molar-refractivity contribution in [2.24, 2.45) is 0 Å². The molecule has 1 heterocycles. The van der Waals surface area contributed by atoms with Crippen molar-refractivity contribution in [3.63, 3.8) is 0 Å². The summed E-state index contributed by atoms with van der Waals surface area (Å²) in [7, 11) is 0. The Labute approximate surface area is 155 Å². The van der Waals surface area contributed by atoms with Gasteiger partial charge < -0.3 is 10.6 Å². The van der Waals surface area contributed by atoms with E-state index in [4.69, 9.17) is 0 Å². The molecule has 1 saturated carbocycles. The molecule has 3 aromatic rings. The van der Waals surface area contributed by atoms with Crippen LogP contribution < -0.4 is 10.6 Å². The van der Waals surface area contributed by atoms with E-state index in [0.717, 1.165) is 18.4 Å². The standard InChI is InChI=1S/C19H18N6O2/c1-12(26)20-15-6-3-5-14(11-15)19(27)21-16-7-2-4-13(10-16)18-22-23-24-25(18)17-8-9-17/h2-7,10-11,17H,8-9H2,1H3,(H,20,26)(H,21,27). The third-order valence-electron chi connectivity index (χ3n) is 4.21. The van der Waals surface area contributed by atoms with E-state index in [0.29, 0.717) is 28.8 Å². The normalized spacial score (nSPS) is 13.2. The fraction of sp³-hybridized carbons (Fsp3) is 0.211. The Morgan fingerprint density at radius 3 is 2.52 bits per heavy atom. The van der Waals surface area contributed by atoms with Crippen molar-refractivity contribution in [2.75, 3.05) is 10.6 Å². The maximum Gasteiger partial charge on any atom is 0.255 e. The molecule has 2 aromatic carbocycles. The highest BCUT2D eigenvalue weighted by molar-refractivity contribution is 6.05. The molecule has 1 aliphatic rings. The lowest BCUT2D eigenvalue weighted by Crippen LogP contribution is -2.13. The van der Waals surface area contributed by atoms with Crippen molar-refractivity contribution in [1.29, 1.82) is 0 Å². The van der Waals surface area contributed by atoms with Gasteiger partial charge in [-0.15, -0.1) is 5.10 Å². The van der Waals surface area contributed by atoms with Gasteiger partial charge in [0, 0.05) is 29.4 Å². The molecule has 8 heteroatoms. The fourth-order valence-electron chi connectivity index (χ4n) is 2.83. The molecule has 8 nitrogen and oxygen atoms in total. The van der Waals surface area contributed by atoms with Crippen molar-refractivity contribution in [2.45, 2.75) is 25.8 Å². The highest BCUT2D eigenvalue weighted by Gasteiger charge is 2.28. The summed E-state index contributed by atoms with van der Waals surface area (Å²) in [5.74, 6) is 0.246. The lowest BCUT2D eigenvalue weighted by atomic mass is 10.1. The van der Waals surface area contributed by atoms with Crippen LogP contribution in [0, 0.1) is 0 Å². The van der Waals surface area contributed by atoms with Crippen LogP contribution in [0.1, 0.15) is 36.2 Å². The number of carbonyl (C=O) groups excluding carboxylic acids is 2. The van der Waals surface area contributed by atoms with E-state index in [1.807, 2.05) is 28.9 Å². The first-order valence-corrected chi connectivity index (χ1v) is 8.67. The number of tetrazole rings is 1. The van der Waals surface area contributed by atoms with E-state index in [-0.39, 0.29) is 11.8 Å². The Morgan fingerprint density at radius 2 is 1.78 bits per heavy atom. The van der Waals surface area contributed by atoms with E-state index in [1.165, 1.54) is 6.92 Å². The minimum Gasteiger partial charge on any atom is -0.326 e. The third-order valence-corrected chi connectivity index (χ3v) is 4.21. The maximum atomic E-state index is 12.6. The monoisotopic (exact) mass is 362 g/mol. The summed E-state index contributed by atoms with van der Waals surface area (Å²) in [6.45, 7) is 1.42. The van der Waals surface area contributed by atoms with Gasteiger partial charge in [-0.25, -0.2) is 4.68 Å². The first-order chi connectivity index (χ1) is 13.1. The number of benzene rings is 2. The maximum absolute atomic E-state index is 12.6. The first kappa shape index (κ1) is 16.9. The van der Waals surface area contributed by atoms with Crippen LogP contribution in [0.5, 0.6) is 0 Å². The Bertz CT molecular complexity index is 1010. The molecule has 27 heavy (non-hydrogen) atoms. The molecule has 4 rings (SSSR count). The molecule has 1 aliphatic carbocycles. The van der Waals surface area contributed by atoms with E-state index in [9.17, 15) is 9.59 Å². The second-order valence-corrected chi connectivity index (χ2v) is 6.48. The van der Waals surface area contributed by atoms with Gasteiger partial charge in [0.15, 0.2) is 5.82 Å². The predicted molar refractivity (Wildman–Crippen MR) is 100 cm³/mol. The average molecular weight is 362 g/mol. The molecule has 0 aliphatic heterocycles. The van der Waals surface area contributed by atoms with Gasteiger partial charge >= 0.3 is 0 Å². The zero-order valence-electron chi connectivity index (χ0n) is 14.7. The summed E-state index contributed by atoms with van der Waals surface area (Å²) in [4.78, 5) is 23.8. The quantitative estimate of drug-likeness (QED) is 0.727. The van der Waals surface area contributed by atoms with Crippen molar-refractivity contribution in [3.8, 4) is 11.4 Å². The van der Waals surface area contributed by atoms with Gasteiger partial charge in [-0.05, 0) is 53.6 Å². The molecule has 0 spiro atoms. The fourth-order valence-corrected chi connectivity index (χ4v) is 2.83. The van der Waals surface area contributed by atoms with Gasteiger partial charge in [0.05, 0.1) is 6.04 Å². The SMILES string of the molecule is CC(=O)Nc1cccc(C(=O)Nc2cccc(-c3nnnn3C3CC3)c2)c1. The summed E-state index contributed by atoms with van der Waals surface area (Å²) in [6.07, 6.45) is 2.16. The second kappa shape index (κ2) is 6.99. The van der Waals surface area contributed by atoms with Gasteiger partial charge in [0.1, 0.15) is 0 Å². The zero-order chi connectivity index (χ0) is 18.8. The minimum absolute atomic E-state index is 0.186. The smallest absolute Gasteiger partial charge is 0.255 e. The molecule has 1 fully saturated rings. The number of nitrogens with zero attached hydrogens (tertiary/aromatic N) is 4. The first-order valence-electron chi connectivity index (χ1n) is 8.67. The largest absolute Gasteiger partial charge is 0.326 e. The number of carbonyl (C=O) groups is 2. The molecule has 0 bridgehead atoms. The van der Waals surface area contributed by atoms with Gasteiger partial charge in [0.2, 0.25) is 5.91 Å². The van der Waals surface area contributed by atoms with Crippen LogP contribution in [-0.4, -0.2) is 32.0 Å². The highest BCUT2D eigenvalue weighted by atomic mass is 16.2. The van der Waals surface area contributed by atoms with E-state index < -0.39 is 0 Å². The number of rotatable bonds is 5. The molecule has 2 N–H and O–H groups in total. The van der Waals surface area contributed by atoms with Crippen LogP contribution >= 0.6 is 0 Å². The molecule has 0 saturated heterocycles. The van der Waals surface area contributed by atoms with Crippen LogP contribution in [0.15, 0.2) is 48.5 Å². The summed E-state index contributed by atoms with van der Waals surface area (Å²) in [5, 5.41) is 17.5. The van der Waals surface area contributed by atoms with Crippen LogP contribution in [0.4, 0.5) is 11.4 Å². The van der Waals surface area contributed by atoms with Crippen LogP contribution in [0.2, 0.25) is 0 Å². The summed E-state index contributed by atoms with van der Waals surface area (Å²) in [6, 6.07) is 14.6. The predicted octanol–water partition coefficient (Wildman–Crippen LogP) is 2.89. The number of hydrogen-bond donors (Lipinski definition) is 2. The molecule has 0 radical (unpaired) electrons. The molecular weight excluding hydrogens is 344 g/mol. The number of aromatic nitrogens is 4. The van der Waals surface area contributed by atoms with Crippen LogP contribution in [-0.2, 0) is 4.79 Å². The summed E-state index contributed by atoms with van der Waals surface area (Å²) < 4.78 is 1.83. The minimum atomic E-state index is -0.263. The Balaban J connectivity index is 1.54. The van der Waals surface area contributed by atoms with E-state index >= 15 is 0 Å². The van der Waals surface area contributed by atoms with Crippen LogP contribution in [0.25, 0.3) is 11.4 Å². The number of amides is 2. The van der Waals surface area contributed by atoms with Gasteiger partial charge in [-0.3, -0.25) is 9.59 Å². The van der Waals surface area contributed by atoms with Crippen molar-refractivity contribution >= 4 is 23.2 Å². The molecule has 136 valence electrons. The van der Waals surface area contributed by atoms with Gasteiger partial charge in [0.25, 0.3) is 5.91 Å². The Kier molecular flexibility index (Phi) is 4.37. The van der Waals surface area contributed by atoms with E-state index in [1.54, 1.807) is 24.3 Å². The summed E-state index contributed by atoms with van der Waals surface area (Å²) in [5.41, 5.74) is 2.52. The van der Waals surface area contributed by atoms with Crippen molar-refractivity contribution < 1.29 is 9.59 Å². The number of hydrogen-bond acceptors (Lipinski definition) is 5. The number of nitrogens with one attached hydrogen (secondary N) is 2. The third kappa shape index (κ3) is 3.84. The molecule has 0 unspecified atom stereocenters. The topological polar surface area (TPSA) is 102 Å². The molecule has 0 atom stereocenters. The molecular formula is C19H18N6O2. The Morgan fingerprint density at radius 1 is 1.04 bits per heavy atom. The zero-order valence-corrected chi connectivity index (χ0v) is 14.7. The highest BCUT2D eigenvalue weighted by Crippen LogP contribution is 2.36. The van der Waals surface area contributed by atoms with E-state index in [2.05, 4.69) is 26.2 Å². The lowest BCUT2D eigenvalue weighted by molar-refractivity contribution is -0.114. The second-order valence-electron chi connectivity index (χ2n) is 6.48. The number of anilines is 2. The molecule has 1 aromatic heterocycles. The van der Waals surface area contributed by atoms with Crippen molar-refractivity contribution in [1.82, 2.24) is 20.2 Å². The lowest BCUT2D eigenvalue weighted by Gasteiger charge is -2.09. The van der Waals surface area contributed by atoms with Crippen molar-refractivity contribution in [3.05, 3.63) is 54.1 Å².